The summed E-state index contributed by atoms with van der Waals surface area (Å²) in [7, 11) is 1.56. The number of aromatic nitrogens is 1. The van der Waals surface area contributed by atoms with Crippen LogP contribution in [0.3, 0.4) is 0 Å². The molecule has 2 aromatic heterocycles. The second kappa shape index (κ2) is 11.8. The van der Waals surface area contributed by atoms with Crippen molar-refractivity contribution in [2.75, 3.05) is 20.3 Å². The van der Waals surface area contributed by atoms with Crippen molar-refractivity contribution in [3.05, 3.63) is 109 Å². The number of furan rings is 1. The Bertz CT molecular complexity index is 1830. The van der Waals surface area contributed by atoms with E-state index in [1.165, 1.54) is 15.9 Å². The minimum absolute atomic E-state index is 0.192. The Labute approximate surface area is 239 Å². The van der Waals surface area contributed by atoms with Crippen LogP contribution in [-0.2, 0) is 14.3 Å². The number of ether oxygens (including phenoxy) is 3. The van der Waals surface area contributed by atoms with Gasteiger partial charge in [0.2, 0.25) is 0 Å². The third-order valence-corrected chi connectivity index (χ3v) is 7.49. The summed E-state index contributed by atoms with van der Waals surface area (Å²) in [4.78, 5) is 43.9. The summed E-state index contributed by atoms with van der Waals surface area (Å²) in [6.45, 7) is 5.72. The van der Waals surface area contributed by atoms with Gasteiger partial charge in [-0.15, -0.1) is 0 Å². The van der Waals surface area contributed by atoms with E-state index >= 15 is 0 Å². The lowest BCUT2D eigenvalue weighted by Crippen LogP contribution is -2.39. The number of fused-ring (bicyclic) bond motifs is 1. The molecule has 5 rings (SSSR count). The van der Waals surface area contributed by atoms with Crippen molar-refractivity contribution in [1.82, 2.24) is 4.57 Å². The maximum absolute atomic E-state index is 13.8. The highest BCUT2D eigenvalue weighted by atomic mass is 32.1. The van der Waals surface area contributed by atoms with Gasteiger partial charge in [0, 0.05) is 11.6 Å². The molecule has 1 aliphatic rings. The summed E-state index contributed by atoms with van der Waals surface area (Å²) >= 11 is 1.21. The molecule has 0 bridgehead atoms. The van der Waals surface area contributed by atoms with Crippen molar-refractivity contribution in [3.8, 4) is 17.1 Å². The topological polar surface area (TPSA) is 109 Å². The minimum atomic E-state index is -0.743. The largest absolute Gasteiger partial charge is 0.497 e. The summed E-state index contributed by atoms with van der Waals surface area (Å²) in [5.41, 5.74) is 2.38. The van der Waals surface area contributed by atoms with E-state index in [9.17, 15) is 14.4 Å². The van der Waals surface area contributed by atoms with Crippen LogP contribution in [0.5, 0.6) is 5.75 Å². The lowest BCUT2D eigenvalue weighted by molar-refractivity contribution is -0.139. The van der Waals surface area contributed by atoms with E-state index < -0.39 is 12.0 Å². The zero-order valence-corrected chi connectivity index (χ0v) is 23.8. The molecule has 1 aliphatic heterocycles. The van der Waals surface area contributed by atoms with Gasteiger partial charge >= 0.3 is 11.9 Å². The molecular formula is C31H28N2O7S. The molecule has 0 spiro atoms. The van der Waals surface area contributed by atoms with Gasteiger partial charge in [-0.25, -0.2) is 14.6 Å². The highest BCUT2D eigenvalue weighted by Crippen LogP contribution is 2.32. The van der Waals surface area contributed by atoms with Gasteiger partial charge in [0.15, 0.2) is 4.80 Å². The molecule has 9 nitrogen and oxygen atoms in total. The number of allylic oxidation sites excluding steroid dienone is 1. The van der Waals surface area contributed by atoms with Crippen LogP contribution in [0.15, 0.2) is 86.1 Å². The highest BCUT2D eigenvalue weighted by molar-refractivity contribution is 7.07. The number of carbonyl (C=O) groups excluding carboxylic acids is 2. The third kappa shape index (κ3) is 5.51. The van der Waals surface area contributed by atoms with Gasteiger partial charge in [0.05, 0.1) is 47.7 Å². The first-order valence-electron chi connectivity index (χ1n) is 13.1. The van der Waals surface area contributed by atoms with Crippen LogP contribution < -0.4 is 19.6 Å². The molecule has 0 amide bonds. The number of nitrogens with zero attached hydrogens (tertiary/aromatic N) is 2. The van der Waals surface area contributed by atoms with Crippen molar-refractivity contribution in [3.63, 3.8) is 0 Å². The van der Waals surface area contributed by atoms with Crippen LogP contribution in [0.2, 0.25) is 0 Å². The Morgan fingerprint density at radius 3 is 2.46 bits per heavy atom. The quantitative estimate of drug-likeness (QED) is 0.291. The van der Waals surface area contributed by atoms with E-state index in [4.69, 9.17) is 18.6 Å². The number of hydrogen-bond donors (Lipinski definition) is 0. The van der Waals surface area contributed by atoms with Gasteiger partial charge in [-0.1, -0.05) is 35.6 Å². The molecular weight excluding hydrogens is 544 g/mol. The molecule has 0 radical (unpaired) electrons. The fraction of sp³-hybridized carbons (Fsp3) is 0.226. The Kier molecular flexibility index (Phi) is 8.02. The van der Waals surface area contributed by atoms with Gasteiger partial charge in [-0.05, 0) is 62.7 Å². The molecule has 2 aromatic carbocycles. The molecule has 0 saturated heterocycles. The Morgan fingerprint density at radius 2 is 1.76 bits per heavy atom. The van der Waals surface area contributed by atoms with Gasteiger partial charge in [0.25, 0.3) is 5.56 Å². The van der Waals surface area contributed by atoms with Crippen LogP contribution >= 0.6 is 11.3 Å². The Hall–Kier alpha value is -4.70. The molecule has 1 unspecified atom stereocenters. The third-order valence-electron chi connectivity index (χ3n) is 6.51. The molecule has 10 heteroatoms. The minimum Gasteiger partial charge on any atom is -0.497 e. The van der Waals surface area contributed by atoms with Crippen molar-refractivity contribution < 1.29 is 28.2 Å². The average Bonchev–Trinajstić information content (AvgIpc) is 3.56. The van der Waals surface area contributed by atoms with Crippen LogP contribution in [-0.4, -0.2) is 36.8 Å². The van der Waals surface area contributed by atoms with E-state index in [-0.39, 0.29) is 18.1 Å². The fourth-order valence-electron chi connectivity index (χ4n) is 4.62. The average molecular weight is 573 g/mol. The van der Waals surface area contributed by atoms with E-state index in [0.717, 1.165) is 5.56 Å². The van der Waals surface area contributed by atoms with Crippen LogP contribution in [0.1, 0.15) is 48.5 Å². The van der Waals surface area contributed by atoms with E-state index in [0.29, 0.717) is 55.6 Å². The van der Waals surface area contributed by atoms with Crippen molar-refractivity contribution in [2.45, 2.75) is 26.8 Å². The number of methoxy groups -OCH3 is 1. The number of carbonyl (C=O) groups is 2. The number of esters is 2. The molecule has 41 heavy (non-hydrogen) atoms. The summed E-state index contributed by atoms with van der Waals surface area (Å²) in [6.07, 6.45) is 1.66. The first kappa shape index (κ1) is 27.9. The number of thiazole rings is 1. The zero-order valence-electron chi connectivity index (χ0n) is 23.0. The van der Waals surface area contributed by atoms with E-state index in [1.807, 2.05) is 12.1 Å². The fourth-order valence-corrected chi connectivity index (χ4v) is 5.64. The number of benzene rings is 2. The lowest BCUT2D eigenvalue weighted by Gasteiger charge is -2.24. The summed E-state index contributed by atoms with van der Waals surface area (Å²) in [5.74, 6) is 0.734. The normalized spacial score (nSPS) is 14.8. The first-order chi connectivity index (χ1) is 19.8. The summed E-state index contributed by atoms with van der Waals surface area (Å²) in [5, 5.41) is 0. The molecule has 0 saturated carbocycles. The molecule has 0 aliphatic carbocycles. The monoisotopic (exact) mass is 572 g/mol. The van der Waals surface area contributed by atoms with E-state index in [2.05, 4.69) is 4.99 Å². The molecule has 210 valence electrons. The maximum Gasteiger partial charge on any atom is 0.338 e. The van der Waals surface area contributed by atoms with E-state index in [1.54, 1.807) is 82.5 Å². The van der Waals surface area contributed by atoms with Gasteiger partial charge < -0.3 is 18.6 Å². The molecule has 1 atom stereocenters. The molecule has 0 fully saturated rings. The lowest BCUT2D eigenvalue weighted by atomic mass is 9.95. The second-order valence-electron chi connectivity index (χ2n) is 9.08. The maximum atomic E-state index is 13.8. The summed E-state index contributed by atoms with van der Waals surface area (Å²) in [6, 6.07) is 17.0. The summed E-state index contributed by atoms with van der Waals surface area (Å²) < 4.78 is 23.7. The SMILES string of the molecule is CCOC(=O)C1=C(C)N=c2s/c(=C\c3ccc(-c4ccc(C(=O)OCC)cc4)o3)c(=O)n2C1c1cccc(OC)c1. The van der Waals surface area contributed by atoms with Crippen LogP contribution in [0, 0.1) is 0 Å². The zero-order chi connectivity index (χ0) is 29.1. The van der Waals surface area contributed by atoms with Crippen molar-refractivity contribution in [2.24, 2.45) is 4.99 Å². The predicted molar refractivity (Wildman–Crippen MR) is 153 cm³/mol. The predicted octanol–water partition coefficient (Wildman–Crippen LogP) is 4.24. The molecule has 3 heterocycles. The van der Waals surface area contributed by atoms with Gasteiger partial charge in [-0.3, -0.25) is 9.36 Å². The number of hydrogen-bond acceptors (Lipinski definition) is 9. The van der Waals surface area contributed by atoms with Crippen LogP contribution in [0.4, 0.5) is 0 Å². The smallest absolute Gasteiger partial charge is 0.338 e. The molecule has 0 N–H and O–H groups in total. The molecule has 4 aromatic rings. The number of rotatable bonds is 8. The van der Waals surface area contributed by atoms with Gasteiger partial charge in [-0.2, -0.15) is 0 Å². The second-order valence-corrected chi connectivity index (χ2v) is 10.1. The van der Waals surface area contributed by atoms with Crippen molar-refractivity contribution >= 4 is 29.4 Å². The Morgan fingerprint density at radius 1 is 1.02 bits per heavy atom. The highest BCUT2D eigenvalue weighted by Gasteiger charge is 2.33. The standard InChI is InChI=1S/C31H28N2O7S/c1-5-38-29(35)20-12-10-19(11-13-20)24-15-14-23(40-24)17-25-28(34)33-27(21-8-7-9-22(16-21)37-4)26(30(36)39-6-2)18(3)32-31(33)41-25/h7-17,27H,5-6H2,1-4H3/b25-17-. The van der Waals surface area contributed by atoms with Crippen molar-refractivity contribution in [1.29, 1.82) is 0 Å². The van der Waals surface area contributed by atoms with Crippen LogP contribution in [0.25, 0.3) is 17.4 Å². The van der Waals surface area contributed by atoms with Gasteiger partial charge in [0.1, 0.15) is 17.3 Å². The first-order valence-corrected chi connectivity index (χ1v) is 13.9. The Balaban J connectivity index is 1.56.